The number of amides is 2. The first-order chi connectivity index (χ1) is 13.7. The molecule has 0 spiro atoms. The lowest BCUT2D eigenvalue weighted by Crippen LogP contribution is -2.28. The third-order valence-corrected chi connectivity index (χ3v) is 3.12. The molecule has 0 aliphatic carbocycles. The van der Waals surface area contributed by atoms with Crippen molar-refractivity contribution in [3.8, 4) is 36.2 Å². The molecule has 2 rings (SSSR count). The summed E-state index contributed by atoms with van der Waals surface area (Å²) >= 11 is 0. The van der Waals surface area contributed by atoms with Crippen LogP contribution in [-0.2, 0) is 0 Å². The number of ether oxygens (including phenoxy) is 2. The van der Waals surface area contributed by atoms with E-state index in [9.17, 15) is 4.79 Å². The highest BCUT2D eigenvalue weighted by Gasteiger charge is 1.97. The first-order valence-corrected chi connectivity index (χ1v) is 8.16. The number of nitrogens with one attached hydrogen (secondary N) is 2. The van der Waals surface area contributed by atoms with Crippen LogP contribution in [0.4, 0.5) is 4.79 Å². The number of terminal acetylenes is 2. The Labute approximate surface area is 163 Å². The number of nitrogens with zero attached hydrogens (tertiary/aromatic N) is 2. The van der Waals surface area contributed by atoms with Crippen LogP contribution in [-0.4, -0.2) is 31.7 Å². The summed E-state index contributed by atoms with van der Waals surface area (Å²) in [5, 5.41) is 7.68. The Bertz CT molecular complexity index is 864. The Balaban J connectivity index is 1.81. The minimum absolute atomic E-state index is 0.179. The average Bonchev–Trinajstić information content (AvgIpc) is 2.71. The lowest BCUT2D eigenvalue weighted by Gasteiger charge is -2.03. The van der Waals surface area contributed by atoms with E-state index in [0.29, 0.717) is 11.5 Å². The SMILES string of the molecule is C#CCOc1cccc(C=NNC(=O)N/N=C/c2cccc(OCC#C)c2)c1. The molecule has 0 saturated heterocycles. The molecule has 0 fully saturated rings. The summed E-state index contributed by atoms with van der Waals surface area (Å²) in [6.45, 7) is 0.358. The average molecular weight is 374 g/mol. The van der Waals surface area contributed by atoms with E-state index in [4.69, 9.17) is 22.3 Å². The number of carbonyl (C=O) groups excluding carboxylic acids is 1. The third kappa shape index (κ3) is 7.34. The van der Waals surface area contributed by atoms with Gasteiger partial charge in [-0.05, 0) is 35.4 Å². The molecule has 0 heterocycles. The molecule has 2 N–H and O–H groups in total. The molecule has 28 heavy (non-hydrogen) atoms. The van der Waals surface area contributed by atoms with Crippen LogP contribution in [0.5, 0.6) is 11.5 Å². The maximum absolute atomic E-state index is 11.7. The smallest absolute Gasteiger partial charge is 0.355 e. The van der Waals surface area contributed by atoms with E-state index < -0.39 is 6.03 Å². The van der Waals surface area contributed by atoms with Crippen LogP contribution in [0.15, 0.2) is 58.7 Å². The molecule has 0 radical (unpaired) electrons. The predicted octanol–water partition coefficient (Wildman–Crippen LogP) is 2.38. The zero-order valence-corrected chi connectivity index (χ0v) is 15.0. The Morgan fingerprint density at radius 2 is 1.36 bits per heavy atom. The second kappa shape index (κ2) is 11.4. The van der Waals surface area contributed by atoms with Crippen molar-refractivity contribution in [1.82, 2.24) is 10.9 Å². The standard InChI is InChI=1S/C21H18N4O3/c1-3-11-27-19-9-5-7-17(13-19)15-22-24-21(26)25-23-16-18-8-6-10-20(14-18)28-12-4-2/h1-2,5-10,13-16H,11-12H2,(H2,24,25,26)/b22-15+,23-16?. The first kappa shape index (κ1) is 20.1. The van der Waals surface area contributed by atoms with Gasteiger partial charge in [-0.25, -0.2) is 15.6 Å². The van der Waals surface area contributed by atoms with Crippen molar-refractivity contribution in [3.05, 3.63) is 59.7 Å². The fraction of sp³-hybridized carbons (Fsp3) is 0.0952. The van der Waals surface area contributed by atoms with Gasteiger partial charge in [0, 0.05) is 0 Å². The van der Waals surface area contributed by atoms with Gasteiger partial charge in [0.25, 0.3) is 0 Å². The zero-order chi connectivity index (χ0) is 20.0. The molecule has 7 nitrogen and oxygen atoms in total. The van der Waals surface area contributed by atoms with Crippen LogP contribution in [0.25, 0.3) is 0 Å². The molecule has 140 valence electrons. The normalized spacial score (nSPS) is 10.2. The van der Waals surface area contributed by atoms with E-state index in [1.165, 1.54) is 12.4 Å². The fourth-order valence-electron chi connectivity index (χ4n) is 1.98. The quantitative estimate of drug-likeness (QED) is 0.423. The van der Waals surface area contributed by atoms with Crippen molar-refractivity contribution in [2.45, 2.75) is 0 Å². The minimum Gasteiger partial charge on any atom is -0.481 e. The summed E-state index contributed by atoms with van der Waals surface area (Å²) in [4.78, 5) is 11.7. The van der Waals surface area contributed by atoms with Crippen molar-refractivity contribution in [3.63, 3.8) is 0 Å². The summed E-state index contributed by atoms with van der Waals surface area (Å²) < 4.78 is 10.6. The number of urea groups is 1. The molecule has 0 aliphatic rings. The number of benzene rings is 2. The highest BCUT2D eigenvalue weighted by Crippen LogP contribution is 2.12. The van der Waals surface area contributed by atoms with Crippen LogP contribution >= 0.6 is 0 Å². The van der Waals surface area contributed by atoms with Crippen molar-refractivity contribution in [2.24, 2.45) is 10.2 Å². The molecular formula is C21H18N4O3. The second-order valence-corrected chi connectivity index (χ2v) is 5.20. The summed E-state index contributed by atoms with van der Waals surface area (Å²) in [7, 11) is 0. The lowest BCUT2D eigenvalue weighted by atomic mass is 10.2. The van der Waals surface area contributed by atoms with E-state index in [1.807, 2.05) is 0 Å². The van der Waals surface area contributed by atoms with Gasteiger partial charge in [-0.2, -0.15) is 10.2 Å². The third-order valence-electron chi connectivity index (χ3n) is 3.12. The Morgan fingerprint density at radius 3 is 1.79 bits per heavy atom. The van der Waals surface area contributed by atoms with Gasteiger partial charge in [0.05, 0.1) is 12.4 Å². The summed E-state index contributed by atoms with van der Waals surface area (Å²) in [5.74, 6) is 6.01. The number of hydrogen-bond acceptors (Lipinski definition) is 5. The molecule has 2 aromatic rings. The molecule has 0 bridgehead atoms. The summed E-state index contributed by atoms with van der Waals surface area (Å²) in [6, 6.07) is 13.6. The van der Waals surface area contributed by atoms with Crippen molar-refractivity contribution < 1.29 is 14.3 Å². The van der Waals surface area contributed by atoms with Gasteiger partial charge >= 0.3 is 6.03 Å². The Morgan fingerprint density at radius 1 is 0.893 bits per heavy atom. The maximum Gasteiger partial charge on any atom is 0.355 e. The number of hydrogen-bond donors (Lipinski definition) is 2. The Kier molecular flexibility index (Phi) is 8.18. The van der Waals surface area contributed by atoms with Crippen LogP contribution in [0.1, 0.15) is 11.1 Å². The van der Waals surface area contributed by atoms with Gasteiger partial charge in [-0.1, -0.05) is 36.1 Å². The van der Waals surface area contributed by atoms with Crippen LogP contribution in [0, 0.1) is 24.7 Å². The molecule has 2 aromatic carbocycles. The molecule has 0 saturated carbocycles. The maximum atomic E-state index is 11.7. The molecule has 0 aliphatic heterocycles. The fourth-order valence-corrected chi connectivity index (χ4v) is 1.98. The predicted molar refractivity (Wildman–Crippen MR) is 108 cm³/mol. The highest BCUT2D eigenvalue weighted by atomic mass is 16.5. The number of rotatable bonds is 8. The number of carbonyl (C=O) groups is 1. The monoisotopic (exact) mass is 374 g/mol. The molecule has 0 atom stereocenters. The minimum atomic E-state index is -0.591. The van der Waals surface area contributed by atoms with Crippen molar-refractivity contribution in [2.75, 3.05) is 13.2 Å². The lowest BCUT2D eigenvalue weighted by molar-refractivity contribution is 0.242. The highest BCUT2D eigenvalue weighted by molar-refractivity contribution is 5.84. The van der Waals surface area contributed by atoms with Gasteiger partial charge in [0.1, 0.15) is 24.7 Å². The van der Waals surface area contributed by atoms with Crippen molar-refractivity contribution in [1.29, 1.82) is 0 Å². The zero-order valence-electron chi connectivity index (χ0n) is 15.0. The van der Waals surface area contributed by atoms with Crippen molar-refractivity contribution >= 4 is 18.5 Å². The van der Waals surface area contributed by atoms with E-state index in [1.54, 1.807) is 48.5 Å². The van der Waals surface area contributed by atoms with Crippen LogP contribution < -0.4 is 20.3 Å². The molecule has 2 amide bonds. The van der Waals surface area contributed by atoms with Gasteiger partial charge in [-0.15, -0.1) is 12.8 Å². The van der Waals surface area contributed by atoms with Crippen LogP contribution in [0.2, 0.25) is 0 Å². The Hall–Kier alpha value is -4.23. The topological polar surface area (TPSA) is 84.3 Å². The largest absolute Gasteiger partial charge is 0.481 e. The molecule has 0 unspecified atom stereocenters. The van der Waals surface area contributed by atoms with Crippen LogP contribution in [0.3, 0.4) is 0 Å². The number of hydrazone groups is 2. The second-order valence-electron chi connectivity index (χ2n) is 5.20. The summed E-state index contributed by atoms with van der Waals surface area (Å²) in [5.41, 5.74) is 6.09. The molecule has 0 aromatic heterocycles. The molecular weight excluding hydrogens is 356 g/mol. The van der Waals surface area contributed by atoms with Gasteiger partial charge in [-0.3, -0.25) is 0 Å². The summed E-state index contributed by atoms with van der Waals surface area (Å²) in [6.07, 6.45) is 13.2. The van der Waals surface area contributed by atoms with Gasteiger partial charge < -0.3 is 9.47 Å². The molecule has 7 heteroatoms. The van der Waals surface area contributed by atoms with Gasteiger partial charge in [0.2, 0.25) is 0 Å². The first-order valence-electron chi connectivity index (χ1n) is 8.16. The van der Waals surface area contributed by atoms with E-state index in [2.05, 4.69) is 32.9 Å². The van der Waals surface area contributed by atoms with E-state index in [0.717, 1.165) is 11.1 Å². The van der Waals surface area contributed by atoms with Gasteiger partial charge in [0.15, 0.2) is 0 Å². The van der Waals surface area contributed by atoms with E-state index in [-0.39, 0.29) is 13.2 Å². The van der Waals surface area contributed by atoms with E-state index >= 15 is 0 Å².